The van der Waals surface area contributed by atoms with Crippen molar-refractivity contribution < 1.29 is 4.79 Å². The van der Waals surface area contributed by atoms with Gasteiger partial charge in [0.25, 0.3) is 5.91 Å². The first-order valence-corrected chi connectivity index (χ1v) is 11.5. The van der Waals surface area contributed by atoms with E-state index in [0.29, 0.717) is 17.0 Å². The molecule has 0 aliphatic heterocycles. The Balaban J connectivity index is 1.58. The molecule has 0 aliphatic rings. The van der Waals surface area contributed by atoms with Crippen molar-refractivity contribution in [1.82, 2.24) is 14.5 Å². The first kappa shape index (κ1) is 20.9. The maximum Gasteiger partial charge on any atom is 0.278 e. The molecule has 5 aromatic rings. The highest BCUT2D eigenvalue weighted by Crippen LogP contribution is 2.31. The number of rotatable bonds is 6. The van der Waals surface area contributed by atoms with Gasteiger partial charge in [-0.05, 0) is 57.2 Å². The fourth-order valence-corrected chi connectivity index (χ4v) is 4.55. The van der Waals surface area contributed by atoms with E-state index in [1.54, 1.807) is 0 Å². The zero-order valence-corrected chi connectivity index (χ0v) is 19.2. The highest BCUT2D eigenvalue weighted by Gasteiger charge is 2.21. The van der Waals surface area contributed by atoms with E-state index in [-0.39, 0.29) is 5.91 Å². The fraction of sp³-hybridized carbons (Fsp3) is 0.222. The van der Waals surface area contributed by atoms with Gasteiger partial charge in [0, 0.05) is 47.1 Å². The molecule has 1 N–H and O–H groups in total. The molecule has 33 heavy (non-hydrogen) atoms. The summed E-state index contributed by atoms with van der Waals surface area (Å²) in [5.74, 6) is 0.355. The van der Waals surface area contributed by atoms with E-state index in [2.05, 4.69) is 59.8 Å². The van der Waals surface area contributed by atoms with Crippen LogP contribution in [0.1, 0.15) is 31.3 Å². The highest BCUT2D eigenvalue weighted by atomic mass is 16.1. The second kappa shape index (κ2) is 8.54. The third-order valence-corrected chi connectivity index (χ3v) is 6.18. The lowest BCUT2D eigenvalue weighted by atomic mass is 10.1. The van der Waals surface area contributed by atoms with E-state index < -0.39 is 0 Å². The Kier molecular flexibility index (Phi) is 5.42. The summed E-state index contributed by atoms with van der Waals surface area (Å²) < 4.78 is 2.30. The first-order chi connectivity index (χ1) is 16.1. The van der Waals surface area contributed by atoms with Crippen molar-refractivity contribution in [2.45, 2.75) is 27.3 Å². The van der Waals surface area contributed by atoms with Gasteiger partial charge in [-0.1, -0.05) is 30.3 Å². The molecule has 2 aromatic heterocycles. The maximum absolute atomic E-state index is 13.4. The molecule has 2 heterocycles. The van der Waals surface area contributed by atoms with E-state index in [1.807, 2.05) is 42.5 Å². The number of aryl methyl sites for hydroxylation is 1. The van der Waals surface area contributed by atoms with Crippen LogP contribution < -0.4 is 10.2 Å². The summed E-state index contributed by atoms with van der Waals surface area (Å²) in [6.07, 6.45) is 0. The van der Waals surface area contributed by atoms with E-state index in [4.69, 9.17) is 9.97 Å². The largest absolute Gasteiger partial charge is 0.355 e. The first-order valence-electron chi connectivity index (χ1n) is 11.5. The summed E-state index contributed by atoms with van der Waals surface area (Å²) in [7, 11) is 0. The van der Waals surface area contributed by atoms with Crippen LogP contribution >= 0.6 is 0 Å². The van der Waals surface area contributed by atoms with Crippen molar-refractivity contribution in [3.63, 3.8) is 0 Å². The zero-order chi connectivity index (χ0) is 22.9. The highest BCUT2D eigenvalue weighted by molar-refractivity contribution is 6.12. The number of carbonyl (C=O) groups excluding carboxylic acids is 1. The van der Waals surface area contributed by atoms with Crippen LogP contribution in [0.3, 0.4) is 0 Å². The minimum absolute atomic E-state index is 0.256. The number of para-hydroxylation sites is 3. The van der Waals surface area contributed by atoms with Gasteiger partial charge in [0.15, 0.2) is 11.5 Å². The molecule has 5 rings (SSSR count). The number of nitrogens with one attached hydrogen (secondary N) is 1. The molecule has 6 heteroatoms. The van der Waals surface area contributed by atoms with Gasteiger partial charge in [-0.3, -0.25) is 4.79 Å². The minimum atomic E-state index is -0.256. The van der Waals surface area contributed by atoms with Gasteiger partial charge >= 0.3 is 0 Å². The Hall–Kier alpha value is -3.93. The Labute approximate surface area is 192 Å². The molecular formula is C27H27N5O. The molecule has 3 aromatic carbocycles. The number of hydrogen-bond donors (Lipinski definition) is 1. The van der Waals surface area contributed by atoms with E-state index in [0.717, 1.165) is 41.7 Å². The number of anilines is 2. The standard InChI is InChI=1S/C27H27N5O/c1-4-31(5-2)26-25(29-21-12-8-9-13-22(21)30-26)27(33)28-18-15-16-24-20(17-18)19-11-7-10-14-23(19)32(24)6-3/h7-17H,4-6H2,1-3H3,(H,28,33). The van der Waals surface area contributed by atoms with Crippen molar-refractivity contribution in [1.29, 1.82) is 0 Å². The molecule has 0 atom stereocenters. The SMILES string of the molecule is CCN(CC)c1nc2ccccc2nc1C(=O)Nc1ccc2c(c1)c1ccccc1n2CC. The Bertz CT molecular complexity index is 1480. The van der Waals surface area contributed by atoms with Crippen LogP contribution in [0.4, 0.5) is 11.5 Å². The summed E-state index contributed by atoms with van der Waals surface area (Å²) in [4.78, 5) is 25.0. The molecule has 0 bridgehead atoms. The molecule has 6 nitrogen and oxygen atoms in total. The quantitative estimate of drug-likeness (QED) is 0.362. The normalized spacial score (nSPS) is 11.4. The number of benzene rings is 3. The molecule has 0 radical (unpaired) electrons. The number of nitrogens with zero attached hydrogens (tertiary/aromatic N) is 4. The van der Waals surface area contributed by atoms with Gasteiger partial charge in [-0.2, -0.15) is 0 Å². The number of aromatic nitrogens is 3. The molecule has 0 unspecified atom stereocenters. The van der Waals surface area contributed by atoms with Gasteiger partial charge < -0.3 is 14.8 Å². The van der Waals surface area contributed by atoms with Crippen LogP contribution in [0.5, 0.6) is 0 Å². The topological polar surface area (TPSA) is 63.1 Å². The Morgan fingerprint density at radius 1 is 0.848 bits per heavy atom. The summed E-state index contributed by atoms with van der Waals surface area (Å²) >= 11 is 0. The van der Waals surface area contributed by atoms with Gasteiger partial charge in [0.1, 0.15) is 0 Å². The molecule has 166 valence electrons. The van der Waals surface area contributed by atoms with E-state index in [1.165, 1.54) is 10.9 Å². The summed E-state index contributed by atoms with van der Waals surface area (Å²) in [6, 6.07) is 22.1. The van der Waals surface area contributed by atoms with E-state index in [9.17, 15) is 4.79 Å². The molecule has 0 fully saturated rings. The van der Waals surface area contributed by atoms with E-state index >= 15 is 0 Å². The fourth-order valence-electron chi connectivity index (χ4n) is 4.55. The Morgan fingerprint density at radius 2 is 1.52 bits per heavy atom. The lowest BCUT2D eigenvalue weighted by Gasteiger charge is -2.22. The smallest absolute Gasteiger partial charge is 0.278 e. The second-order valence-corrected chi connectivity index (χ2v) is 8.00. The number of fused-ring (bicyclic) bond motifs is 4. The van der Waals surface area contributed by atoms with Crippen molar-refractivity contribution >= 4 is 50.3 Å². The summed E-state index contributed by atoms with van der Waals surface area (Å²) in [6.45, 7) is 8.63. The van der Waals surface area contributed by atoms with Gasteiger partial charge in [-0.15, -0.1) is 0 Å². The molecule has 0 spiro atoms. The molecule has 0 aliphatic carbocycles. The minimum Gasteiger partial charge on any atom is -0.355 e. The molecule has 0 saturated carbocycles. The lowest BCUT2D eigenvalue weighted by Crippen LogP contribution is -2.27. The van der Waals surface area contributed by atoms with Gasteiger partial charge in [-0.25, -0.2) is 9.97 Å². The van der Waals surface area contributed by atoms with Crippen LogP contribution in [-0.2, 0) is 6.54 Å². The molecule has 1 amide bonds. The van der Waals surface area contributed by atoms with Crippen molar-refractivity contribution in [2.24, 2.45) is 0 Å². The van der Waals surface area contributed by atoms with Crippen LogP contribution in [0, 0.1) is 0 Å². The number of carbonyl (C=O) groups is 1. The van der Waals surface area contributed by atoms with Crippen LogP contribution in [-0.4, -0.2) is 33.5 Å². The van der Waals surface area contributed by atoms with Crippen LogP contribution in [0.25, 0.3) is 32.8 Å². The molecular weight excluding hydrogens is 410 g/mol. The zero-order valence-electron chi connectivity index (χ0n) is 19.2. The van der Waals surface area contributed by atoms with Crippen molar-refractivity contribution in [3.05, 3.63) is 72.4 Å². The maximum atomic E-state index is 13.4. The predicted molar refractivity (Wildman–Crippen MR) is 136 cm³/mol. The average Bonchev–Trinajstić information content (AvgIpc) is 3.17. The number of amides is 1. The average molecular weight is 438 g/mol. The van der Waals surface area contributed by atoms with Gasteiger partial charge in [0.2, 0.25) is 0 Å². The lowest BCUT2D eigenvalue weighted by molar-refractivity contribution is 0.102. The van der Waals surface area contributed by atoms with Crippen molar-refractivity contribution in [2.75, 3.05) is 23.3 Å². The van der Waals surface area contributed by atoms with Crippen LogP contribution in [0.2, 0.25) is 0 Å². The number of hydrogen-bond acceptors (Lipinski definition) is 4. The molecule has 0 saturated heterocycles. The third kappa shape index (κ3) is 3.57. The second-order valence-electron chi connectivity index (χ2n) is 8.00. The monoisotopic (exact) mass is 437 g/mol. The van der Waals surface area contributed by atoms with Crippen molar-refractivity contribution in [3.8, 4) is 0 Å². The predicted octanol–water partition coefficient (Wildman–Crippen LogP) is 5.86. The van der Waals surface area contributed by atoms with Gasteiger partial charge in [0.05, 0.1) is 11.0 Å². The third-order valence-electron chi connectivity index (χ3n) is 6.18. The summed E-state index contributed by atoms with van der Waals surface area (Å²) in [5, 5.41) is 5.38. The van der Waals surface area contributed by atoms with Crippen LogP contribution in [0.15, 0.2) is 66.7 Å². The summed E-state index contributed by atoms with van der Waals surface area (Å²) in [5.41, 5.74) is 4.93. The Morgan fingerprint density at radius 3 is 2.24 bits per heavy atom.